The van der Waals surface area contributed by atoms with Crippen molar-refractivity contribution in [3.63, 3.8) is 0 Å². The first-order valence-corrected chi connectivity index (χ1v) is 8.90. The molecule has 2 fully saturated rings. The van der Waals surface area contributed by atoms with Gasteiger partial charge < -0.3 is 20.1 Å². The lowest BCUT2D eigenvalue weighted by atomic mass is 9.95. The molecule has 0 aliphatic carbocycles. The molecule has 3 unspecified atom stereocenters. The summed E-state index contributed by atoms with van der Waals surface area (Å²) in [5.41, 5.74) is 5.60. The van der Waals surface area contributed by atoms with E-state index in [1.165, 1.54) is 0 Å². The van der Waals surface area contributed by atoms with E-state index in [0.29, 0.717) is 31.1 Å². The molecule has 150 valence electrons. The van der Waals surface area contributed by atoms with Gasteiger partial charge in [-0.15, -0.1) is 24.8 Å². The lowest BCUT2D eigenvalue weighted by Crippen LogP contribution is -2.49. The summed E-state index contributed by atoms with van der Waals surface area (Å²) in [4.78, 5) is 16.8. The van der Waals surface area contributed by atoms with Gasteiger partial charge in [0.15, 0.2) is 0 Å². The summed E-state index contributed by atoms with van der Waals surface area (Å²) >= 11 is 0. The molecule has 3 atom stereocenters. The van der Waals surface area contributed by atoms with Gasteiger partial charge in [-0.2, -0.15) is 0 Å². The van der Waals surface area contributed by atoms with Crippen LogP contribution in [0.2, 0.25) is 0 Å². The first-order chi connectivity index (χ1) is 11.0. The number of carbonyl (C=O) groups is 1. The molecule has 0 radical (unpaired) electrons. The Morgan fingerprint density at radius 1 is 1.20 bits per heavy atom. The molecule has 2 N–H and O–H groups in total. The van der Waals surface area contributed by atoms with Crippen molar-refractivity contribution in [2.24, 2.45) is 11.7 Å². The highest BCUT2D eigenvalue weighted by Crippen LogP contribution is 2.21. The molecule has 2 heterocycles. The maximum atomic E-state index is 12.3. The van der Waals surface area contributed by atoms with E-state index in [2.05, 4.69) is 18.7 Å². The number of nitrogens with two attached hydrogens (primary N) is 1. The molecule has 8 heteroatoms. The summed E-state index contributed by atoms with van der Waals surface area (Å²) in [5, 5.41) is 0. The first kappa shape index (κ1) is 24.9. The third kappa shape index (κ3) is 7.97. The Morgan fingerprint density at radius 3 is 2.24 bits per heavy atom. The quantitative estimate of drug-likeness (QED) is 0.733. The van der Waals surface area contributed by atoms with Gasteiger partial charge in [-0.3, -0.25) is 9.69 Å². The van der Waals surface area contributed by atoms with Crippen molar-refractivity contribution in [1.82, 2.24) is 9.80 Å². The smallest absolute Gasteiger partial charge is 0.225 e. The van der Waals surface area contributed by atoms with Crippen LogP contribution in [0.1, 0.15) is 33.1 Å². The van der Waals surface area contributed by atoms with Crippen molar-refractivity contribution in [2.75, 3.05) is 46.4 Å². The van der Waals surface area contributed by atoms with Gasteiger partial charge >= 0.3 is 0 Å². The number of carbonyl (C=O) groups excluding carboxylic acids is 1. The van der Waals surface area contributed by atoms with Crippen molar-refractivity contribution >= 4 is 30.7 Å². The molecule has 0 aromatic carbocycles. The number of rotatable bonds is 6. The van der Waals surface area contributed by atoms with E-state index in [-0.39, 0.29) is 36.8 Å². The molecule has 0 aromatic heterocycles. The molecule has 0 saturated carbocycles. The fraction of sp³-hybridized carbons (Fsp3) is 0.941. The van der Waals surface area contributed by atoms with Crippen molar-refractivity contribution in [1.29, 1.82) is 0 Å². The third-order valence-corrected chi connectivity index (χ3v) is 4.98. The summed E-state index contributed by atoms with van der Waals surface area (Å²) in [5.74, 6) is 0.860. The van der Waals surface area contributed by atoms with Gasteiger partial charge in [0.1, 0.15) is 0 Å². The Kier molecular flexibility index (Phi) is 12.3. The Hall–Kier alpha value is -0.110. The van der Waals surface area contributed by atoms with Crippen LogP contribution in [0.3, 0.4) is 0 Å². The SMILES string of the molecule is COC(CN)CC(=O)N1CCC(CN2CC(C)OC(C)C2)CC1.Cl.Cl. The van der Waals surface area contributed by atoms with E-state index >= 15 is 0 Å². The zero-order valence-corrected chi connectivity index (χ0v) is 17.3. The molecule has 6 nitrogen and oxygen atoms in total. The average Bonchev–Trinajstić information content (AvgIpc) is 2.52. The number of morpholine rings is 1. The topological polar surface area (TPSA) is 68.0 Å². The number of likely N-dealkylation sites (tertiary alicyclic amines) is 1. The van der Waals surface area contributed by atoms with Gasteiger partial charge in [-0.05, 0) is 32.6 Å². The number of ether oxygens (including phenoxy) is 2. The molecule has 2 saturated heterocycles. The minimum atomic E-state index is -0.156. The molecule has 2 aliphatic rings. The molecule has 0 aromatic rings. The Morgan fingerprint density at radius 2 is 1.76 bits per heavy atom. The fourth-order valence-corrected chi connectivity index (χ4v) is 3.75. The number of nitrogens with zero attached hydrogens (tertiary/aromatic N) is 2. The second-order valence-corrected chi connectivity index (χ2v) is 7.10. The van der Waals surface area contributed by atoms with E-state index < -0.39 is 0 Å². The summed E-state index contributed by atoms with van der Waals surface area (Å²) in [6.07, 6.45) is 3.07. The number of methoxy groups -OCH3 is 1. The largest absolute Gasteiger partial charge is 0.380 e. The molecule has 2 rings (SSSR count). The number of hydrogen-bond donors (Lipinski definition) is 1. The van der Waals surface area contributed by atoms with Crippen molar-refractivity contribution in [3.8, 4) is 0 Å². The summed E-state index contributed by atoms with van der Waals surface area (Å²) in [6, 6.07) is 0. The highest BCUT2D eigenvalue weighted by molar-refractivity contribution is 5.85. The van der Waals surface area contributed by atoms with Crippen molar-refractivity contribution in [2.45, 2.75) is 51.4 Å². The lowest BCUT2D eigenvalue weighted by molar-refractivity contribution is -0.135. The van der Waals surface area contributed by atoms with Gasteiger partial charge in [0, 0.05) is 46.4 Å². The lowest BCUT2D eigenvalue weighted by Gasteiger charge is -2.39. The molecule has 25 heavy (non-hydrogen) atoms. The second-order valence-electron chi connectivity index (χ2n) is 7.10. The highest BCUT2D eigenvalue weighted by Gasteiger charge is 2.28. The number of amides is 1. The Labute approximate surface area is 164 Å². The molecule has 2 aliphatic heterocycles. The van der Waals surface area contributed by atoms with Crippen LogP contribution in [-0.4, -0.2) is 80.4 Å². The second kappa shape index (κ2) is 12.3. The van der Waals surface area contributed by atoms with Gasteiger partial charge in [-0.1, -0.05) is 0 Å². The summed E-state index contributed by atoms with van der Waals surface area (Å²) in [7, 11) is 1.61. The van der Waals surface area contributed by atoms with Crippen LogP contribution >= 0.6 is 24.8 Å². The maximum absolute atomic E-state index is 12.3. The predicted molar refractivity (Wildman–Crippen MR) is 105 cm³/mol. The molecule has 0 spiro atoms. The number of piperidine rings is 1. The van der Waals surface area contributed by atoms with Gasteiger partial charge in [-0.25, -0.2) is 0 Å². The van der Waals surface area contributed by atoms with E-state index in [1.807, 2.05) is 4.90 Å². The summed E-state index contributed by atoms with van der Waals surface area (Å²) in [6.45, 7) is 9.59. The van der Waals surface area contributed by atoms with Crippen LogP contribution in [0.4, 0.5) is 0 Å². The Balaban J connectivity index is 0.00000288. The molecule has 0 bridgehead atoms. The van der Waals surface area contributed by atoms with Crippen LogP contribution in [0.25, 0.3) is 0 Å². The van der Waals surface area contributed by atoms with E-state index in [9.17, 15) is 4.79 Å². The Bertz CT molecular complexity index is 368. The minimum absolute atomic E-state index is 0. The summed E-state index contributed by atoms with van der Waals surface area (Å²) < 4.78 is 11.0. The third-order valence-electron chi connectivity index (χ3n) is 4.98. The van der Waals surface area contributed by atoms with Gasteiger partial charge in [0.2, 0.25) is 5.91 Å². The first-order valence-electron chi connectivity index (χ1n) is 8.90. The number of halogens is 2. The van der Waals surface area contributed by atoms with Gasteiger partial charge in [0.05, 0.1) is 24.7 Å². The van der Waals surface area contributed by atoms with Crippen LogP contribution < -0.4 is 5.73 Å². The monoisotopic (exact) mass is 399 g/mol. The maximum Gasteiger partial charge on any atom is 0.225 e. The van der Waals surface area contributed by atoms with Gasteiger partial charge in [0.25, 0.3) is 0 Å². The molecule has 1 amide bonds. The van der Waals surface area contributed by atoms with Crippen LogP contribution in [0.15, 0.2) is 0 Å². The zero-order valence-electron chi connectivity index (χ0n) is 15.7. The molecular weight excluding hydrogens is 365 g/mol. The number of hydrogen-bond acceptors (Lipinski definition) is 5. The van der Waals surface area contributed by atoms with E-state index in [1.54, 1.807) is 7.11 Å². The normalized spacial score (nSPS) is 26.5. The highest BCUT2D eigenvalue weighted by atomic mass is 35.5. The zero-order chi connectivity index (χ0) is 16.8. The van der Waals surface area contributed by atoms with E-state index in [4.69, 9.17) is 15.2 Å². The minimum Gasteiger partial charge on any atom is -0.380 e. The van der Waals surface area contributed by atoms with Crippen molar-refractivity contribution < 1.29 is 14.3 Å². The predicted octanol–water partition coefficient (Wildman–Crippen LogP) is 1.54. The fourth-order valence-electron chi connectivity index (χ4n) is 3.75. The van der Waals surface area contributed by atoms with Crippen LogP contribution in [0, 0.1) is 5.92 Å². The van der Waals surface area contributed by atoms with Crippen LogP contribution in [0.5, 0.6) is 0 Å². The average molecular weight is 400 g/mol. The molecular formula is C17H35Cl2N3O3. The standard InChI is InChI=1S/C17H33N3O3.2ClH/c1-13-10-19(11-14(2)23-13)12-15-4-6-20(7-5-15)17(21)8-16(9-18)22-3;;/h13-16H,4-12,18H2,1-3H3;2*1H. The van der Waals surface area contributed by atoms with Crippen LogP contribution in [-0.2, 0) is 14.3 Å². The van der Waals surface area contributed by atoms with Crippen molar-refractivity contribution in [3.05, 3.63) is 0 Å². The van der Waals surface area contributed by atoms with E-state index in [0.717, 1.165) is 45.6 Å².